The third kappa shape index (κ3) is 3.63. The molecule has 1 saturated carbocycles. The summed E-state index contributed by atoms with van der Waals surface area (Å²) in [4.78, 5) is 16.2. The van der Waals surface area contributed by atoms with Gasteiger partial charge in [-0.05, 0) is 25.5 Å². The van der Waals surface area contributed by atoms with E-state index in [1.807, 2.05) is 17.1 Å². The third-order valence-electron chi connectivity index (χ3n) is 3.73. The van der Waals surface area contributed by atoms with Crippen molar-refractivity contribution in [3.8, 4) is 0 Å². The maximum Gasteiger partial charge on any atom is 0.315 e. The summed E-state index contributed by atoms with van der Waals surface area (Å²) in [5, 5.41) is 8.92. The summed E-state index contributed by atoms with van der Waals surface area (Å²) in [6.45, 7) is 2.82. The van der Waals surface area contributed by atoms with E-state index in [1.165, 1.54) is 19.3 Å². The predicted molar refractivity (Wildman–Crippen MR) is 81.8 cm³/mol. The molecule has 1 aromatic rings. The summed E-state index contributed by atoms with van der Waals surface area (Å²) in [7, 11) is 0. The molecule has 1 aliphatic carbocycles. The molecule has 1 aromatic heterocycles. The van der Waals surface area contributed by atoms with Crippen LogP contribution in [0.3, 0.4) is 0 Å². The Kier molecular flexibility index (Phi) is 5.10. The SMILES string of the molecule is CC[C@@H](NC(=O)NCC1(SC)CCC1)c1nccs1. The molecule has 0 aliphatic heterocycles. The fraction of sp³-hybridized carbons (Fsp3) is 0.692. The van der Waals surface area contributed by atoms with Crippen LogP contribution in [-0.2, 0) is 0 Å². The first-order valence-corrected chi connectivity index (χ1v) is 8.78. The average molecular weight is 299 g/mol. The molecule has 106 valence electrons. The minimum atomic E-state index is -0.0811. The van der Waals surface area contributed by atoms with E-state index in [1.54, 1.807) is 17.5 Å². The second-order valence-electron chi connectivity index (χ2n) is 4.90. The van der Waals surface area contributed by atoms with Crippen molar-refractivity contribution in [2.45, 2.75) is 43.4 Å². The lowest BCUT2D eigenvalue weighted by Crippen LogP contribution is -2.48. The van der Waals surface area contributed by atoms with Crippen LogP contribution in [0.2, 0.25) is 0 Å². The maximum absolute atomic E-state index is 12.0. The van der Waals surface area contributed by atoms with Crippen LogP contribution in [0, 0.1) is 0 Å². The van der Waals surface area contributed by atoms with Crippen molar-refractivity contribution >= 4 is 29.1 Å². The molecule has 6 heteroatoms. The Morgan fingerprint density at radius 3 is 2.89 bits per heavy atom. The quantitative estimate of drug-likeness (QED) is 0.848. The smallest absolute Gasteiger partial charge is 0.315 e. The van der Waals surface area contributed by atoms with Crippen LogP contribution < -0.4 is 10.6 Å². The first-order chi connectivity index (χ1) is 9.19. The molecule has 2 amide bonds. The van der Waals surface area contributed by atoms with Crippen molar-refractivity contribution in [2.75, 3.05) is 12.8 Å². The molecule has 0 aromatic carbocycles. The molecule has 2 rings (SSSR count). The van der Waals surface area contributed by atoms with Crippen LogP contribution in [-0.4, -0.2) is 28.6 Å². The maximum atomic E-state index is 12.0. The zero-order valence-electron chi connectivity index (χ0n) is 11.4. The summed E-state index contributed by atoms with van der Waals surface area (Å²) < 4.78 is 0.278. The van der Waals surface area contributed by atoms with E-state index in [0.29, 0.717) is 0 Å². The van der Waals surface area contributed by atoms with E-state index in [2.05, 4.69) is 28.8 Å². The highest BCUT2D eigenvalue weighted by atomic mass is 32.2. The number of thioether (sulfide) groups is 1. The Hall–Kier alpha value is -0.750. The molecular weight excluding hydrogens is 278 g/mol. The van der Waals surface area contributed by atoms with Crippen LogP contribution in [0.15, 0.2) is 11.6 Å². The van der Waals surface area contributed by atoms with Gasteiger partial charge in [-0.25, -0.2) is 9.78 Å². The highest BCUT2D eigenvalue weighted by molar-refractivity contribution is 8.00. The molecule has 1 fully saturated rings. The first-order valence-electron chi connectivity index (χ1n) is 6.68. The van der Waals surface area contributed by atoms with Gasteiger partial charge in [-0.15, -0.1) is 11.3 Å². The van der Waals surface area contributed by atoms with E-state index in [9.17, 15) is 4.79 Å². The molecule has 0 saturated heterocycles. The monoisotopic (exact) mass is 299 g/mol. The van der Waals surface area contributed by atoms with Gasteiger partial charge in [0.05, 0.1) is 6.04 Å². The second-order valence-corrected chi connectivity index (χ2v) is 7.10. The van der Waals surface area contributed by atoms with Crippen molar-refractivity contribution in [3.05, 3.63) is 16.6 Å². The number of nitrogens with one attached hydrogen (secondary N) is 2. The molecule has 19 heavy (non-hydrogen) atoms. The normalized spacial score (nSPS) is 18.4. The van der Waals surface area contributed by atoms with Gasteiger partial charge < -0.3 is 10.6 Å². The Labute approximate surface area is 122 Å². The molecule has 4 nitrogen and oxygen atoms in total. The molecule has 0 unspecified atom stereocenters. The number of carbonyl (C=O) groups excluding carboxylic acids is 1. The number of amides is 2. The molecule has 0 radical (unpaired) electrons. The van der Waals surface area contributed by atoms with Crippen molar-refractivity contribution in [1.82, 2.24) is 15.6 Å². The largest absolute Gasteiger partial charge is 0.337 e. The summed E-state index contributed by atoms with van der Waals surface area (Å²) in [6, 6.07) is -0.0611. The van der Waals surface area contributed by atoms with Crippen molar-refractivity contribution in [2.24, 2.45) is 0 Å². The second kappa shape index (κ2) is 6.61. The number of aromatic nitrogens is 1. The number of carbonyl (C=O) groups is 1. The molecule has 1 heterocycles. The third-order valence-corrected chi connectivity index (χ3v) is 6.04. The number of hydrogen-bond acceptors (Lipinski definition) is 4. The molecule has 0 spiro atoms. The molecule has 1 aliphatic rings. The summed E-state index contributed by atoms with van der Waals surface area (Å²) in [6.07, 6.45) is 8.45. The van der Waals surface area contributed by atoms with Gasteiger partial charge in [0.25, 0.3) is 0 Å². The zero-order chi connectivity index (χ0) is 13.7. The van der Waals surface area contributed by atoms with E-state index in [4.69, 9.17) is 0 Å². The van der Waals surface area contributed by atoms with Gasteiger partial charge in [0.1, 0.15) is 5.01 Å². The number of thiazole rings is 1. The van der Waals surface area contributed by atoms with Crippen LogP contribution in [0.5, 0.6) is 0 Å². The van der Waals surface area contributed by atoms with Crippen LogP contribution in [0.1, 0.15) is 43.7 Å². The minimum Gasteiger partial charge on any atom is -0.337 e. The fourth-order valence-corrected chi connectivity index (χ4v) is 3.91. The first kappa shape index (κ1) is 14.7. The summed E-state index contributed by atoms with van der Waals surface area (Å²) in [5.41, 5.74) is 0. The van der Waals surface area contributed by atoms with Crippen LogP contribution in [0.4, 0.5) is 4.79 Å². The van der Waals surface area contributed by atoms with Gasteiger partial charge in [0.15, 0.2) is 0 Å². The van der Waals surface area contributed by atoms with Gasteiger partial charge in [-0.3, -0.25) is 0 Å². The Morgan fingerprint density at radius 1 is 1.63 bits per heavy atom. The Balaban J connectivity index is 1.80. The zero-order valence-corrected chi connectivity index (χ0v) is 13.1. The van der Waals surface area contributed by atoms with E-state index < -0.39 is 0 Å². The number of nitrogens with zero attached hydrogens (tertiary/aromatic N) is 1. The Bertz CT molecular complexity index is 399. The lowest BCUT2D eigenvalue weighted by Gasteiger charge is -2.40. The topological polar surface area (TPSA) is 54.0 Å². The lowest BCUT2D eigenvalue weighted by atomic mass is 9.84. The lowest BCUT2D eigenvalue weighted by molar-refractivity contribution is 0.232. The van der Waals surface area contributed by atoms with E-state index in [-0.39, 0.29) is 16.8 Å². The van der Waals surface area contributed by atoms with Gasteiger partial charge >= 0.3 is 6.03 Å². The van der Waals surface area contributed by atoms with E-state index >= 15 is 0 Å². The van der Waals surface area contributed by atoms with Gasteiger partial charge in [-0.1, -0.05) is 13.3 Å². The average Bonchev–Trinajstić information content (AvgIpc) is 2.89. The standard InChI is InChI=1S/C13H21N3OS2/c1-3-10(11-14-7-8-19-11)16-12(17)15-9-13(18-2)5-4-6-13/h7-8,10H,3-6,9H2,1-2H3,(H2,15,16,17)/t10-/m1/s1. The van der Waals surface area contributed by atoms with Crippen LogP contribution in [0.25, 0.3) is 0 Å². The molecule has 2 N–H and O–H groups in total. The summed E-state index contributed by atoms with van der Waals surface area (Å²) in [5.74, 6) is 0. The van der Waals surface area contributed by atoms with Gasteiger partial charge in [-0.2, -0.15) is 11.8 Å². The van der Waals surface area contributed by atoms with Gasteiger partial charge in [0.2, 0.25) is 0 Å². The molecule has 0 bridgehead atoms. The predicted octanol–water partition coefficient (Wildman–Crippen LogP) is 3.18. The number of hydrogen-bond donors (Lipinski definition) is 2. The summed E-state index contributed by atoms with van der Waals surface area (Å²) >= 11 is 3.45. The number of urea groups is 1. The van der Waals surface area contributed by atoms with Crippen molar-refractivity contribution in [1.29, 1.82) is 0 Å². The van der Waals surface area contributed by atoms with E-state index in [0.717, 1.165) is 18.0 Å². The highest BCUT2D eigenvalue weighted by Crippen LogP contribution is 2.42. The van der Waals surface area contributed by atoms with Gasteiger partial charge in [0, 0.05) is 22.9 Å². The highest BCUT2D eigenvalue weighted by Gasteiger charge is 2.36. The number of rotatable bonds is 6. The molecule has 1 atom stereocenters. The fourth-order valence-electron chi connectivity index (χ4n) is 2.22. The Morgan fingerprint density at radius 2 is 2.42 bits per heavy atom. The molecular formula is C13H21N3OS2. The van der Waals surface area contributed by atoms with Crippen molar-refractivity contribution < 1.29 is 4.79 Å². The van der Waals surface area contributed by atoms with Crippen molar-refractivity contribution in [3.63, 3.8) is 0 Å². The minimum absolute atomic E-state index is 0.0200. The van der Waals surface area contributed by atoms with Crippen LogP contribution >= 0.6 is 23.1 Å².